The van der Waals surface area contributed by atoms with Gasteiger partial charge in [-0.15, -0.1) is 10.2 Å². The summed E-state index contributed by atoms with van der Waals surface area (Å²) in [7, 11) is 1.89. The molecule has 0 saturated carbocycles. The average Bonchev–Trinajstić information content (AvgIpc) is 2.74. The summed E-state index contributed by atoms with van der Waals surface area (Å²) in [5.74, 6) is 0. The molecule has 0 spiro atoms. The summed E-state index contributed by atoms with van der Waals surface area (Å²) in [6.07, 6.45) is 1.75. The van der Waals surface area contributed by atoms with E-state index < -0.39 is 0 Å². The second kappa shape index (κ2) is 3.75. The average molecular weight is 209 g/mol. The SMILES string of the molecule is CCNc1nnc(-c2ccnn2C)s1. The third-order valence-corrected chi connectivity index (χ3v) is 2.70. The van der Waals surface area contributed by atoms with Gasteiger partial charge >= 0.3 is 0 Å². The van der Waals surface area contributed by atoms with Crippen LogP contribution in [0.4, 0.5) is 5.13 Å². The van der Waals surface area contributed by atoms with Gasteiger partial charge in [0, 0.05) is 19.8 Å². The maximum absolute atomic E-state index is 4.08. The number of nitrogens with one attached hydrogen (secondary N) is 1. The zero-order valence-electron chi connectivity index (χ0n) is 8.06. The Morgan fingerprint density at radius 2 is 2.36 bits per heavy atom. The van der Waals surface area contributed by atoms with E-state index in [-0.39, 0.29) is 0 Å². The number of hydrogen-bond acceptors (Lipinski definition) is 5. The normalized spacial score (nSPS) is 10.4. The van der Waals surface area contributed by atoms with Gasteiger partial charge in [-0.1, -0.05) is 11.3 Å². The Hall–Kier alpha value is -1.43. The maximum atomic E-state index is 4.08. The summed E-state index contributed by atoms with van der Waals surface area (Å²) in [6.45, 7) is 2.89. The van der Waals surface area contributed by atoms with E-state index >= 15 is 0 Å². The van der Waals surface area contributed by atoms with Crippen LogP contribution in [0.25, 0.3) is 10.7 Å². The van der Waals surface area contributed by atoms with Gasteiger partial charge in [-0.25, -0.2) is 0 Å². The van der Waals surface area contributed by atoms with Crippen molar-refractivity contribution in [2.24, 2.45) is 7.05 Å². The predicted octanol–water partition coefficient (Wildman–Crippen LogP) is 1.37. The Kier molecular flexibility index (Phi) is 2.45. The molecule has 2 rings (SSSR count). The van der Waals surface area contributed by atoms with Crippen molar-refractivity contribution in [3.63, 3.8) is 0 Å². The Morgan fingerprint density at radius 1 is 1.50 bits per heavy atom. The van der Waals surface area contributed by atoms with E-state index in [0.29, 0.717) is 0 Å². The lowest BCUT2D eigenvalue weighted by molar-refractivity contribution is 0.774. The number of hydrogen-bond donors (Lipinski definition) is 1. The fraction of sp³-hybridized carbons (Fsp3) is 0.375. The van der Waals surface area contributed by atoms with Crippen LogP contribution in [0.15, 0.2) is 12.3 Å². The molecule has 14 heavy (non-hydrogen) atoms. The molecule has 0 aliphatic heterocycles. The highest BCUT2D eigenvalue weighted by Gasteiger charge is 2.08. The largest absolute Gasteiger partial charge is 0.360 e. The van der Waals surface area contributed by atoms with Crippen LogP contribution >= 0.6 is 11.3 Å². The zero-order valence-corrected chi connectivity index (χ0v) is 8.88. The van der Waals surface area contributed by atoms with Crippen LogP contribution in [0.3, 0.4) is 0 Å². The molecule has 2 aromatic heterocycles. The van der Waals surface area contributed by atoms with Crippen molar-refractivity contribution in [3.05, 3.63) is 12.3 Å². The van der Waals surface area contributed by atoms with Gasteiger partial charge < -0.3 is 5.32 Å². The minimum Gasteiger partial charge on any atom is -0.360 e. The van der Waals surface area contributed by atoms with E-state index in [1.165, 1.54) is 11.3 Å². The number of anilines is 1. The molecule has 0 bridgehead atoms. The summed E-state index contributed by atoms with van der Waals surface area (Å²) in [5, 5.41) is 17.1. The monoisotopic (exact) mass is 209 g/mol. The van der Waals surface area contributed by atoms with Gasteiger partial charge in [0.25, 0.3) is 0 Å². The molecule has 0 radical (unpaired) electrons. The molecule has 0 aliphatic carbocycles. The topological polar surface area (TPSA) is 55.6 Å². The molecular weight excluding hydrogens is 198 g/mol. The first-order chi connectivity index (χ1) is 6.81. The van der Waals surface area contributed by atoms with E-state index in [1.54, 1.807) is 10.9 Å². The van der Waals surface area contributed by atoms with Crippen LogP contribution in [0.1, 0.15) is 6.92 Å². The third kappa shape index (κ3) is 1.60. The fourth-order valence-electron chi connectivity index (χ4n) is 1.13. The first kappa shape index (κ1) is 9.14. The summed E-state index contributed by atoms with van der Waals surface area (Å²) < 4.78 is 1.79. The second-order valence-electron chi connectivity index (χ2n) is 2.78. The van der Waals surface area contributed by atoms with E-state index in [9.17, 15) is 0 Å². The first-order valence-corrected chi connectivity index (χ1v) is 5.18. The molecule has 0 aromatic carbocycles. The Labute approximate surface area is 85.8 Å². The van der Waals surface area contributed by atoms with Gasteiger partial charge in [0.1, 0.15) is 0 Å². The highest BCUT2D eigenvalue weighted by molar-refractivity contribution is 7.18. The van der Waals surface area contributed by atoms with Crippen LogP contribution in [-0.2, 0) is 7.05 Å². The number of aryl methyl sites for hydroxylation is 1. The van der Waals surface area contributed by atoms with Crippen LogP contribution in [-0.4, -0.2) is 26.5 Å². The van der Waals surface area contributed by atoms with Crippen LogP contribution < -0.4 is 5.32 Å². The molecule has 0 aliphatic rings. The standard InChI is InChI=1S/C8H11N5S/c1-3-9-8-12-11-7(14-8)6-4-5-10-13(6)2/h4-5H,3H2,1-2H3,(H,9,12). The highest BCUT2D eigenvalue weighted by atomic mass is 32.1. The molecule has 2 heterocycles. The fourth-order valence-corrected chi connectivity index (χ4v) is 2.00. The van der Waals surface area contributed by atoms with Gasteiger partial charge in [-0.3, -0.25) is 4.68 Å². The van der Waals surface area contributed by atoms with Crippen molar-refractivity contribution < 1.29 is 0 Å². The summed E-state index contributed by atoms with van der Waals surface area (Å²) in [4.78, 5) is 0. The summed E-state index contributed by atoms with van der Waals surface area (Å²) in [6, 6.07) is 1.93. The minimum absolute atomic E-state index is 0.851. The number of nitrogens with zero attached hydrogens (tertiary/aromatic N) is 4. The third-order valence-electron chi connectivity index (χ3n) is 1.79. The Morgan fingerprint density at radius 3 is 3.00 bits per heavy atom. The molecule has 0 unspecified atom stereocenters. The van der Waals surface area contributed by atoms with Crippen LogP contribution in [0.2, 0.25) is 0 Å². The molecule has 0 atom stereocenters. The second-order valence-corrected chi connectivity index (χ2v) is 3.76. The van der Waals surface area contributed by atoms with E-state index in [0.717, 1.165) is 22.4 Å². The van der Waals surface area contributed by atoms with Crippen LogP contribution in [0.5, 0.6) is 0 Å². The molecule has 5 nitrogen and oxygen atoms in total. The summed E-state index contributed by atoms with van der Waals surface area (Å²) >= 11 is 1.54. The van der Waals surface area contributed by atoms with Crippen molar-refractivity contribution in [1.82, 2.24) is 20.0 Å². The maximum Gasteiger partial charge on any atom is 0.206 e. The molecule has 0 amide bonds. The van der Waals surface area contributed by atoms with Gasteiger partial charge in [0.05, 0.1) is 5.69 Å². The van der Waals surface area contributed by atoms with Crippen molar-refractivity contribution in [1.29, 1.82) is 0 Å². The van der Waals surface area contributed by atoms with Gasteiger partial charge in [-0.05, 0) is 13.0 Å². The zero-order chi connectivity index (χ0) is 9.97. The quantitative estimate of drug-likeness (QED) is 0.829. The van der Waals surface area contributed by atoms with Crippen molar-refractivity contribution in [3.8, 4) is 10.7 Å². The predicted molar refractivity (Wildman–Crippen MR) is 56.3 cm³/mol. The first-order valence-electron chi connectivity index (χ1n) is 4.37. The molecule has 0 fully saturated rings. The lowest BCUT2D eigenvalue weighted by Gasteiger charge is -1.94. The number of aromatic nitrogens is 4. The Bertz CT molecular complexity index is 419. The smallest absolute Gasteiger partial charge is 0.206 e. The molecule has 2 aromatic rings. The highest BCUT2D eigenvalue weighted by Crippen LogP contribution is 2.25. The molecular formula is C8H11N5S. The van der Waals surface area contributed by atoms with Gasteiger partial charge in [0.15, 0.2) is 5.01 Å². The molecule has 74 valence electrons. The minimum atomic E-state index is 0.851. The van der Waals surface area contributed by atoms with Gasteiger partial charge in [0.2, 0.25) is 5.13 Å². The van der Waals surface area contributed by atoms with Crippen molar-refractivity contribution >= 4 is 16.5 Å². The van der Waals surface area contributed by atoms with Crippen molar-refractivity contribution in [2.45, 2.75) is 6.92 Å². The lowest BCUT2D eigenvalue weighted by Crippen LogP contribution is -1.94. The van der Waals surface area contributed by atoms with Gasteiger partial charge in [-0.2, -0.15) is 5.10 Å². The van der Waals surface area contributed by atoms with E-state index in [1.807, 2.05) is 20.0 Å². The summed E-state index contributed by atoms with van der Waals surface area (Å²) in [5.41, 5.74) is 0.992. The van der Waals surface area contributed by atoms with E-state index in [4.69, 9.17) is 0 Å². The number of rotatable bonds is 3. The van der Waals surface area contributed by atoms with Crippen LogP contribution in [0, 0.1) is 0 Å². The van der Waals surface area contributed by atoms with Crippen molar-refractivity contribution in [2.75, 3.05) is 11.9 Å². The molecule has 1 N–H and O–H groups in total. The Balaban J connectivity index is 2.29. The van der Waals surface area contributed by atoms with E-state index in [2.05, 4.69) is 20.6 Å². The molecule has 6 heteroatoms. The lowest BCUT2D eigenvalue weighted by atomic mass is 10.4. The molecule has 0 saturated heterocycles.